The molecule has 2 heterocycles. The van der Waals surface area contributed by atoms with E-state index in [-0.39, 0.29) is 11.6 Å². The van der Waals surface area contributed by atoms with Gasteiger partial charge in [0.25, 0.3) is 0 Å². The summed E-state index contributed by atoms with van der Waals surface area (Å²) in [5, 5.41) is 5.58. The van der Waals surface area contributed by atoms with E-state index in [1.807, 2.05) is 0 Å². The van der Waals surface area contributed by atoms with Crippen molar-refractivity contribution in [1.29, 1.82) is 0 Å². The van der Waals surface area contributed by atoms with Crippen LogP contribution in [0, 0.1) is 6.92 Å². The lowest BCUT2D eigenvalue weighted by Gasteiger charge is -2.14. The predicted octanol–water partition coefficient (Wildman–Crippen LogP) is 5.33. The minimum Gasteiger partial charge on any atom is -0.435 e. The molecule has 0 fully saturated rings. The first kappa shape index (κ1) is 22.0. The summed E-state index contributed by atoms with van der Waals surface area (Å²) in [6.45, 7) is -1.60. The Labute approximate surface area is 181 Å². The topological polar surface area (TPSA) is 105 Å². The molecule has 2 aromatic carbocycles. The smallest absolute Gasteiger partial charge is 0.417 e. The third-order valence-electron chi connectivity index (χ3n) is 4.37. The molecule has 13 heteroatoms. The maximum absolute atomic E-state index is 13.2. The fraction of sp³-hybridized carbons (Fsp3) is 0.150. The number of aromatic amines is 1. The molecule has 0 saturated heterocycles. The second-order valence-corrected chi connectivity index (χ2v) is 6.82. The third-order valence-corrected chi connectivity index (χ3v) is 4.37. The number of H-pyrrole nitrogens is 1. The molecule has 0 amide bonds. The molecule has 0 spiro atoms. The van der Waals surface area contributed by atoms with Crippen LogP contribution in [0.4, 0.5) is 45.1 Å². The number of ether oxygens (including phenoxy) is 1. The monoisotopic (exact) mass is 467 g/mol. The number of rotatable bonds is 6. The number of anilines is 4. The van der Waals surface area contributed by atoms with Crippen LogP contribution < -0.4 is 21.1 Å². The van der Waals surface area contributed by atoms with Gasteiger partial charge in [0.05, 0.1) is 11.1 Å². The van der Waals surface area contributed by atoms with Gasteiger partial charge < -0.3 is 19.8 Å². The Morgan fingerprint density at radius 2 is 1.88 bits per heavy atom. The van der Waals surface area contributed by atoms with E-state index >= 15 is 0 Å². The maximum Gasteiger partial charge on any atom is 0.417 e. The van der Waals surface area contributed by atoms with E-state index in [1.165, 1.54) is 6.20 Å². The van der Waals surface area contributed by atoms with Crippen molar-refractivity contribution in [2.24, 2.45) is 0 Å². The van der Waals surface area contributed by atoms with Gasteiger partial charge in [0.15, 0.2) is 5.58 Å². The van der Waals surface area contributed by atoms with E-state index in [9.17, 15) is 26.7 Å². The number of hydrogen-bond donors (Lipinski definition) is 3. The van der Waals surface area contributed by atoms with Gasteiger partial charge in [-0.15, -0.1) is 0 Å². The van der Waals surface area contributed by atoms with E-state index in [1.54, 1.807) is 25.1 Å². The largest absolute Gasteiger partial charge is 0.435 e. The lowest BCUT2D eigenvalue weighted by molar-refractivity contribution is -0.138. The second kappa shape index (κ2) is 8.41. The van der Waals surface area contributed by atoms with E-state index in [2.05, 4.69) is 30.3 Å². The average Bonchev–Trinajstić information content (AvgIpc) is 3.08. The first-order valence-corrected chi connectivity index (χ1v) is 9.24. The number of nitrogens with zero attached hydrogens (tertiary/aromatic N) is 2. The Balaban J connectivity index is 1.62. The second-order valence-electron chi connectivity index (χ2n) is 6.82. The van der Waals surface area contributed by atoms with Crippen molar-refractivity contribution in [3.05, 3.63) is 64.3 Å². The molecule has 0 radical (unpaired) electrons. The average molecular weight is 467 g/mol. The van der Waals surface area contributed by atoms with E-state index in [0.717, 1.165) is 12.1 Å². The lowest BCUT2D eigenvalue weighted by atomic mass is 10.2. The fourth-order valence-electron chi connectivity index (χ4n) is 2.93. The normalized spacial score (nSPS) is 11.7. The minimum atomic E-state index is -4.79. The van der Waals surface area contributed by atoms with Crippen LogP contribution in [0.3, 0.4) is 0 Å². The number of benzene rings is 2. The van der Waals surface area contributed by atoms with Crippen LogP contribution in [0.2, 0.25) is 0 Å². The fourth-order valence-corrected chi connectivity index (χ4v) is 2.93. The molecule has 0 atom stereocenters. The predicted molar refractivity (Wildman–Crippen MR) is 108 cm³/mol. The van der Waals surface area contributed by atoms with Crippen LogP contribution >= 0.6 is 0 Å². The van der Waals surface area contributed by atoms with Gasteiger partial charge in [-0.2, -0.15) is 26.9 Å². The number of hydrogen-bond acceptors (Lipinski definition) is 7. The number of aromatic nitrogens is 3. The van der Waals surface area contributed by atoms with Crippen LogP contribution in [0.25, 0.3) is 11.1 Å². The SMILES string of the molecule is Cc1cnc(Nc2cc(OC(F)F)cc(C(F)(F)F)c2)nc1Nc1ccc2oc(=O)[nH]c2c1. The summed E-state index contributed by atoms with van der Waals surface area (Å²) >= 11 is 0. The number of nitrogens with one attached hydrogen (secondary N) is 3. The third kappa shape index (κ3) is 5.19. The molecule has 0 saturated carbocycles. The van der Waals surface area contributed by atoms with Gasteiger partial charge in [0.2, 0.25) is 5.95 Å². The molecule has 4 rings (SSSR count). The van der Waals surface area contributed by atoms with Gasteiger partial charge in [0.1, 0.15) is 11.6 Å². The molecule has 172 valence electrons. The van der Waals surface area contributed by atoms with Crippen molar-refractivity contribution < 1.29 is 31.1 Å². The Morgan fingerprint density at radius 3 is 2.61 bits per heavy atom. The van der Waals surface area contributed by atoms with Crippen molar-refractivity contribution in [2.45, 2.75) is 19.7 Å². The molecule has 0 aliphatic carbocycles. The summed E-state index contributed by atoms with van der Waals surface area (Å²) < 4.78 is 73.6. The van der Waals surface area contributed by atoms with Crippen molar-refractivity contribution in [1.82, 2.24) is 15.0 Å². The zero-order valence-corrected chi connectivity index (χ0v) is 16.6. The molecule has 3 N–H and O–H groups in total. The number of fused-ring (bicyclic) bond motifs is 1. The molecule has 4 aromatic rings. The standard InChI is InChI=1S/C20H14F5N5O3/c1-9-8-26-18(28-12-4-10(20(23,24)25)5-13(6-12)32-17(21)22)30-16(9)27-11-2-3-15-14(7-11)29-19(31)33-15/h2-8,17H,1H3,(H,29,31)(H2,26,27,28,30). The zero-order chi connectivity index (χ0) is 23.8. The molecule has 0 unspecified atom stereocenters. The van der Waals surface area contributed by atoms with Crippen molar-refractivity contribution >= 4 is 34.2 Å². The summed E-state index contributed by atoms with van der Waals surface area (Å²) in [5.74, 6) is -1.06. The molecule has 0 aliphatic rings. The zero-order valence-electron chi connectivity index (χ0n) is 16.6. The van der Waals surface area contributed by atoms with Gasteiger partial charge in [-0.25, -0.2) is 9.78 Å². The molecule has 0 aliphatic heterocycles. The number of alkyl halides is 5. The van der Waals surface area contributed by atoms with Crippen molar-refractivity contribution in [3.8, 4) is 5.75 Å². The van der Waals surface area contributed by atoms with Crippen LogP contribution in [0.5, 0.6) is 5.75 Å². The Bertz CT molecular complexity index is 1370. The minimum absolute atomic E-state index is 0.0942. The van der Waals surface area contributed by atoms with Gasteiger partial charge in [-0.1, -0.05) is 0 Å². The maximum atomic E-state index is 13.2. The van der Waals surface area contributed by atoms with Crippen LogP contribution in [0.1, 0.15) is 11.1 Å². The Kier molecular flexibility index (Phi) is 5.62. The summed E-state index contributed by atoms with van der Waals surface area (Å²) in [4.78, 5) is 22.1. The summed E-state index contributed by atoms with van der Waals surface area (Å²) in [7, 11) is 0. The molecule has 2 aromatic heterocycles. The van der Waals surface area contributed by atoms with Crippen molar-refractivity contribution in [3.63, 3.8) is 0 Å². The quantitative estimate of drug-likeness (QED) is 0.329. The molecular weight excluding hydrogens is 453 g/mol. The van der Waals surface area contributed by atoms with Gasteiger partial charge in [0, 0.05) is 29.2 Å². The first-order chi connectivity index (χ1) is 15.6. The highest BCUT2D eigenvalue weighted by atomic mass is 19.4. The van der Waals surface area contributed by atoms with Crippen molar-refractivity contribution in [2.75, 3.05) is 10.6 Å². The van der Waals surface area contributed by atoms with Crippen LogP contribution in [0.15, 0.2) is 51.8 Å². The lowest BCUT2D eigenvalue weighted by Crippen LogP contribution is -2.09. The van der Waals surface area contributed by atoms with E-state index < -0.39 is 29.9 Å². The van der Waals surface area contributed by atoms with Gasteiger partial charge in [-0.3, -0.25) is 4.98 Å². The molecule has 33 heavy (non-hydrogen) atoms. The molecule has 8 nitrogen and oxygen atoms in total. The molecule has 0 bridgehead atoms. The highest BCUT2D eigenvalue weighted by Crippen LogP contribution is 2.35. The summed E-state index contributed by atoms with van der Waals surface area (Å²) in [6, 6.07) is 6.97. The van der Waals surface area contributed by atoms with Crippen LogP contribution in [-0.2, 0) is 6.18 Å². The van der Waals surface area contributed by atoms with E-state index in [4.69, 9.17) is 4.42 Å². The summed E-state index contributed by atoms with van der Waals surface area (Å²) in [5.41, 5.74) is 0.569. The van der Waals surface area contributed by atoms with Gasteiger partial charge in [-0.05, 0) is 37.3 Å². The highest BCUT2D eigenvalue weighted by molar-refractivity contribution is 5.78. The number of halogens is 5. The summed E-state index contributed by atoms with van der Waals surface area (Å²) in [6.07, 6.45) is -3.37. The molecular formula is C20H14F5N5O3. The highest BCUT2D eigenvalue weighted by Gasteiger charge is 2.32. The Morgan fingerprint density at radius 1 is 1.09 bits per heavy atom. The van der Waals surface area contributed by atoms with Crippen LogP contribution in [-0.4, -0.2) is 21.6 Å². The first-order valence-electron chi connectivity index (χ1n) is 9.24. The van der Waals surface area contributed by atoms with Gasteiger partial charge >= 0.3 is 18.5 Å². The number of aryl methyl sites for hydroxylation is 1. The Hall–Kier alpha value is -4.16. The van der Waals surface area contributed by atoms with E-state index in [0.29, 0.717) is 34.2 Å². The number of oxazole rings is 1.